The van der Waals surface area contributed by atoms with Crippen LogP contribution in [0, 0.1) is 5.92 Å². The summed E-state index contributed by atoms with van der Waals surface area (Å²) in [5, 5.41) is 5.75. The van der Waals surface area contributed by atoms with E-state index >= 15 is 0 Å². The van der Waals surface area contributed by atoms with Gasteiger partial charge in [0.1, 0.15) is 11.6 Å². The van der Waals surface area contributed by atoms with Gasteiger partial charge in [0.2, 0.25) is 0 Å². The van der Waals surface area contributed by atoms with Crippen molar-refractivity contribution in [2.75, 3.05) is 25.6 Å². The molecule has 0 bridgehead atoms. The summed E-state index contributed by atoms with van der Waals surface area (Å²) in [5.41, 5.74) is 1.96. The third-order valence-corrected chi connectivity index (χ3v) is 3.71. The van der Waals surface area contributed by atoms with Crippen LogP contribution in [0.4, 0.5) is 10.6 Å². The topological polar surface area (TPSA) is 66.5 Å². The van der Waals surface area contributed by atoms with Crippen molar-refractivity contribution < 1.29 is 9.53 Å². The van der Waals surface area contributed by atoms with Gasteiger partial charge in [-0.25, -0.2) is 9.78 Å². The van der Waals surface area contributed by atoms with Crippen molar-refractivity contribution in [3.63, 3.8) is 0 Å². The van der Waals surface area contributed by atoms with Crippen LogP contribution in [0.15, 0.2) is 42.6 Å². The molecule has 0 aliphatic rings. The Balaban J connectivity index is 1.85. The molecule has 140 valence electrons. The number of rotatable bonds is 8. The molecule has 0 aliphatic heterocycles. The highest BCUT2D eigenvalue weighted by Crippen LogP contribution is 2.18. The Morgan fingerprint density at radius 1 is 1.15 bits per heavy atom. The molecule has 0 radical (unpaired) electrons. The zero-order valence-corrected chi connectivity index (χ0v) is 16.0. The lowest BCUT2D eigenvalue weighted by atomic mass is 10.2. The SMILES string of the molecule is CC(C)COc1ccccc1CNC(=O)NCc1ccnc(N(C)C)c1. The summed E-state index contributed by atoms with van der Waals surface area (Å²) in [6.45, 7) is 5.73. The van der Waals surface area contributed by atoms with Gasteiger partial charge in [-0.05, 0) is 29.7 Å². The first kappa shape index (κ1) is 19.6. The van der Waals surface area contributed by atoms with Crippen LogP contribution in [0.1, 0.15) is 25.0 Å². The molecule has 2 N–H and O–H groups in total. The van der Waals surface area contributed by atoms with Crippen LogP contribution >= 0.6 is 0 Å². The van der Waals surface area contributed by atoms with E-state index in [9.17, 15) is 4.79 Å². The molecule has 1 aromatic carbocycles. The third-order valence-electron chi connectivity index (χ3n) is 3.71. The van der Waals surface area contributed by atoms with Crippen molar-refractivity contribution in [3.8, 4) is 5.75 Å². The van der Waals surface area contributed by atoms with Gasteiger partial charge < -0.3 is 20.3 Å². The molecule has 1 heterocycles. The second-order valence-corrected chi connectivity index (χ2v) is 6.77. The minimum atomic E-state index is -0.216. The Hall–Kier alpha value is -2.76. The molecule has 2 amide bonds. The first-order valence-electron chi connectivity index (χ1n) is 8.80. The highest BCUT2D eigenvalue weighted by molar-refractivity contribution is 5.74. The number of nitrogens with one attached hydrogen (secondary N) is 2. The molecular formula is C20H28N4O2. The number of pyridine rings is 1. The number of urea groups is 1. The maximum Gasteiger partial charge on any atom is 0.315 e. The lowest BCUT2D eigenvalue weighted by molar-refractivity contribution is 0.239. The molecule has 0 unspecified atom stereocenters. The lowest BCUT2D eigenvalue weighted by Gasteiger charge is -2.14. The third kappa shape index (κ3) is 6.27. The second kappa shape index (κ2) is 9.65. The molecule has 2 aromatic rings. The van der Waals surface area contributed by atoms with E-state index in [2.05, 4.69) is 29.5 Å². The summed E-state index contributed by atoms with van der Waals surface area (Å²) < 4.78 is 5.81. The van der Waals surface area contributed by atoms with E-state index in [1.165, 1.54) is 0 Å². The fraction of sp³-hybridized carbons (Fsp3) is 0.400. The minimum Gasteiger partial charge on any atom is -0.493 e. The lowest BCUT2D eigenvalue weighted by Crippen LogP contribution is -2.34. The van der Waals surface area contributed by atoms with Gasteiger partial charge in [0.15, 0.2) is 0 Å². The van der Waals surface area contributed by atoms with E-state index in [1.54, 1.807) is 6.20 Å². The Labute approximate surface area is 155 Å². The van der Waals surface area contributed by atoms with Crippen molar-refractivity contribution in [3.05, 3.63) is 53.7 Å². The monoisotopic (exact) mass is 356 g/mol. The number of hydrogen-bond acceptors (Lipinski definition) is 4. The first-order chi connectivity index (χ1) is 12.5. The van der Waals surface area contributed by atoms with E-state index in [0.29, 0.717) is 25.6 Å². The van der Waals surface area contributed by atoms with Gasteiger partial charge in [-0.15, -0.1) is 0 Å². The number of benzene rings is 1. The number of nitrogens with zero attached hydrogens (tertiary/aromatic N) is 2. The highest BCUT2D eigenvalue weighted by atomic mass is 16.5. The van der Waals surface area contributed by atoms with Crippen LogP contribution in [-0.2, 0) is 13.1 Å². The summed E-state index contributed by atoms with van der Waals surface area (Å²) in [6.07, 6.45) is 1.74. The van der Waals surface area contributed by atoms with Crippen LogP contribution in [0.5, 0.6) is 5.75 Å². The van der Waals surface area contributed by atoms with Crippen molar-refractivity contribution in [2.24, 2.45) is 5.92 Å². The van der Waals surface area contributed by atoms with Gasteiger partial charge in [-0.3, -0.25) is 0 Å². The smallest absolute Gasteiger partial charge is 0.315 e. The van der Waals surface area contributed by atoms with Crippen LogP contribution < -0.4 is 20.3 Å². The summed E-state index contributed by atoms with van der Waals surface area (Å²) in [6, 6.07) is 11.4. The van der Waals surface area contributed by atoms with Crippen LogP contribution in [-0.4, -0.2) is 31.7 Å². The van der Waals surface area contributed by atoms with Crippen molar-refractivity contribution in [2.45, 2.75) is 26.9 Å². The van der Waals surface area contributed by atoms with Gasteiger partial charge in [0.25, 0.3) is 0 Å². The summed E-state index contributed by atoms with van der Waals surface area (Å²) in [7, 11) is 3.87. The van der Waals surface area contributed by atoms with E-state index in [-0.39, 0.29) is 6.03 Å². The number of carbonyl (C=O) groups excluding carboxylic acids is 1. The number of para-hydroxylation sites is 1. The van der Waals surface area contributed by atoms with Crippen molar-refractivity contribution >= 4 is 11.8 Å². The van der Waals surface area contributed by atoms with Crippen molar-refractivity contribution in [1.29, 1.82) is 0 Å². The number of amides is 2. The highest BCUT2D eigenvalue weighted by Gasteiger charge is 2.07. The predicted molar refractivity (Wildman–Crippen MR) is 104 cm³/mol. The molecule has 1 aromatic heterocycles. The van der Waals surface area contributed by atoms with Crippen LogP contribution in [0.2, 0.25) is 0 Å². The number of anilines is 1. The molecule has 0 saturated heterocycles. The molecule has 6 nitrogen and oxygen atoms in total. The van der Waals surface area contributed by atoms with Gasteiger partial charge in [-0.1, -0.05) is 32.0 Å². The Bertz CT molecular complexity index is 716. The summed E-state index contributed by atoms with van der Waals surface area (Å²) >= 11 is 0. The molecular weight excluding hydrogens is 328 g/mol. The molecule has 0 spiro atoms. The largest absolute Gasteiger partial charge is 0.493 e. The standard InChI is InChI=1S/C20H28N4O2/c1-15(2)14-26-18-8-6-5-7-17(18)13-23-20(25)22-12-16-9-10-21-19(11-16)24(3)4/h5-11,15H,12-14H2,1-4H3,(H2,22,23,25). The summed E-state index contributed by atoms with van der Waals surface area (Å²) in [4.78, 5) is 18.3. The van der Waals surface area contributed by atoms with Crippen molar-refractivity contribution in [1.82, 2.24) is 15.6 Å². The number of carbonyl (C=O) groups is 1. The van der Waals surface area contributed by atoms with Gasteiger partial charge >= 0.3 is 6.03 Å². The number of aromatic nitrogens is 1. The first-order valence-corrected chi connectivity index (χ1v) is 8.80. The van der Waals surface area contributed by atoms with Crippen LogP contribution in [0.25, 0.3) is 0 Å². The summed E-state index contributed by atoms with van der Waals surface area (Å²) in [5.74, 6) is 2.12. The maximum absolute atomic E-state index is 12.1. The zero-order valence-electron chi connectivity index (χ0n) is 16.0. The molecule has 0 saturated carbocycles. The van der Waals surface area contributed by atoms with Gasteiger partial charge in [0.05, 0.1) is 6.61 Å². The van der Waals surface area contributed by atoms with E-state index in [4.69, 9.17) is 4.74 Å². The number of ether oxygens (including phenoxy) is 1. The predicted octanol–water partition coefficient (Wildman–Crippen LogP) is 3.18. The quantitative estimate of drug-likeness (QED) is 0.762. The molecule has 0 fully saturated rings. The molecule has 0 atom stereocenters. The van der Waals surface area contributed by atoms with Crippen LogP contribution in [0.3, 0.4) is 0 Å². The van der Waals surface area contributed by atoms with Gasteiger partial charge in [-0.2, -0.15) is 0 Å². The Morgan fingerprint density at radius 3 is 2.62 bits per heavy atom. The molecule has 2 rings (SSSR count). The van der Waals surface area contributed by atoms with E-state index in [1.807, 2.05) is 55.4 Å². The van der Waals surface area contributed by atoms with E-state index < -0.39 is 0 Å². The normalized spacial score (nSPS) is 10.5. The fourth-order valence-electron chi connectivity index (χ4n) is 2.28. The Morgan fingerprint density at radius 2 is 1.88 bits per heavy atom. The number of hydrogen-bond donors (Lipinski definition) is 2. The molecule has 6 heteroatoms. The minimum absolute atomic E-state index is 0.216. The zero-order chi connectivity index (χ0) is 18.9. The van der Waals surface area contributed by atoms with Gasteiger partial charge in [0, 0.05) is 38.9 Å². The maximum atomic E-state index is 12.1. The average molecular weight is 356 g/mol. The average Bonchev–Trinajstić information content (AvgIpc) is 2.63. The van der Waals surface area contributed by atoms with E-state index in [0.717, 1.165) is 22.7 Å². The fourth-order valence-corrected chi connectivity index (χ4v) is 2.28. The molecule has 26 heavy (non-hydrogen) atoms. The Kier molecular flexibility index (Phi) is 7.26. The molecule has 0 aliphatic carbocycles. The second-order valence-electron chi connectivity index (χ2n) is 6.77.